The average Bonchev–Trinajstić information content (AvgIpc) is 2.27. The summed E-state index contributed by atoms with van der Waals surface area (Å²) < 4.78 is 6.78. The molecule has 5 heteroatoms. The van der Waals surface area contributed by atoms with Gasteiger partial charge in [0.25, 0.3) is 0 Å². The molecule has 1 aromatic carbocycles. The van der Waals surface area contributed by atoms with Gasteiger partial charge in [0.1, 0.15) is 17.3 Å². The van der Waals surface area contributed by atoms with Crippen LogP contribution in [0.25, 0.3) is 0 Å². The summed E-state index contributed by atoms with van der Waals surface area (Å²) >= 11 is 8.43. The van der Waals surface area contributed by atoms with Gasteiger partial charge in [-0.25, -0.2) is 0 Å². The Morgan fingerprint density at radius 1 is 1.44 bits per heavy atom. The number of ether oxygens (including phenoxy) is 1. The van der Waals surface area contributed by atoms with Crippen LogP contribution in [0.2, 0.25) is 0 Å². The molecule has 0 spiro atoms. The summed E-state index contributed by atoms with van der Waals surface area (Å²) in [6.07, 6.45) is 0. The fourth-order valence-corrected chi connectivity index (χ4v) is 1.72. The van der Waals surface area contributed by atoms with Crippen LogP contribution >= 0.6 is 28.1 Å². The predicted octanol–water partition coefficient (Wildman–Crippen LogP) is 2.80. The first-order chi connectivity index (χ1) is 8.24. The fourth-order valence-electron chi connectivity index (χ4n) is 1.20. The predicted molar refractivity (Wildman–Crippen MR) is 83.3 cm³/mol. The Labute approximate surface area is 122 Å². The molecule has 0 aliphatic rings. The normalized spacial score (nSPS) is 11.7. The molecular formula is C13H19BrN2OS. The molecule has 0 fully saturated rings. The van der Waals surface area contributed by atoms with Gasteiger partial charge in [-0.05, 0) is 46.1 Å². The molecule has 3 nitrogen and oxygen atoms in total. The van der Waals surface area contributed by atoms with E-state index in [0.29, 0.717) is 11.6 Å². The van der Waals surface area contributed by atoms with Gasteiger partial charge in [-0.1, -0.05) is 28.1 Å². The first-order valence-electron chi connectivity index (χ1n) is 5.63. The lowest BCUT2D eigenvalue weighted by molar-refractivity contribution is 0.114. The molecule has 0 saturated carbocycles. The second-order valence-electron chi connectivity index (χ2n) is 5.00. The number of nitrogens with two attached hydrogens (primary N) is 1. The third-order valence-electron chi connectivity index (χ3n) is 3.00. The number of benzene rings is 1. The minimum Gasteiger partial charge on any atom is -0.491 e. The van der Waals surface area contributed by atoms with E-state index in [-0.39, 0.29) is 5.54 Å². The van der Waals surface area contributed by atoms with Crippen LogP contribution in [-0.2, 0) is 0 Å². The fraction of sp³-hybridized carbons (Fsp3) is 0.462. The van der Waals surface area contributed by atoms with Crippen molar-refractivity contribution in [3.8, 4) is 5.75 Å². The Morgan fingerprint density at radius 3 is 2.56 bits per heavy atom. The molecule has 1 rings (SSSR count). The van der Waals surface area contributed by atoms with Crippen molar-refractivity contribution >= 4 is 33.1 Å². The lowest BCUT2D eigenvalue weighted by Gasteiger charge is -2.32. The van der Waals surface area contributed by atoms with Gasteiger partial charge in [0.15, 0.2) is 0 Å². The van der Waals surface area contributed by atoms with Crippen LogP contribution in [-0.4, -0.2) is 36.1 Å². The van der Waals surface area contributed by atoms with Crippen LogP contribution in [0, 0.1) is 0 Å². The Balaban J connectivity index is 2.89. The summed E-state index contributed by atoms with van der Waals surface area (Å²) in [5.41, 5.74) is 6.41. The van der Waals surface area contributed by atoms with E-state index in [1.807, 2.05) is 32.3 Å². The number of halogens is 1. The third kappa shape index (κ3) is 3.93. The Kier molecular flexibility index (Phi) is 5.13. The minimum absolute atomic E-state index is 0.0550. The van der Waals surface area contributed by atoms with Gasteiger partial charge < -0.3 is 15.4 Å². The highest BCUT2D eigenvalue weighted by molar-refractivity contribution is 9.10. The molecule has 100 valence electrons. The van der Waals surface area contributed by atoms with Gasteiger partial charge in [-0.3, -0.25) is 0 Å². The maximum atomic E-state index is 5.85. The van der Waals surface area contributed by atoms with Crippen LogP contribution in [0.5, 0.6) is 5.75 Å². The average molecular weight is 331 g/mol. The monoisotopic (exact) mass is 330 g/mol. The van der Waals surface area contributed by atoms with Crippen molar-refractivity contribution in [2.24, 2.45) is 5.73 Å². The van der Waals surface area contributed by atoms with Crippen LogP contribution in [0.3, 0.4) is 0 Å². The summed E-state index contributed by atoms with van der Waals surface area (Å²) in [6, 6.07) is 5.67. The smallest absolute Gasteiger partial charge is 0.129 e. The molecule has 0 heterocycles. The van der Waals surface area contributed by atoms with Crippen LogP contribution in [0.1, 0.15) is 19.4 Å². The minimum atomic E-state index is -0.0550. The summed E-state index contributed by atoms with van der Waals surface area (Å²) in [6.45, 7) is 4.80. The zero-order valence-electron chi connectivity index (χ0n) is 11.2. The van der Waals surface area contributed by atoms with E-state index < -0.39 is 0 Å². The molecule has 0 bridgehead atoms. The van der Waals surface area contributed by atoms with E-state index in [0.717, 1.165) is 15.8 Å². The maximum absolute atomic E-state index is 5.85. The third-order valence-corrected chi connectivity index (χ3v) is 3.71. The molecule has 0 amide bonds. The molecular weight excluding hydrogens is 312 g/mol. The van der Waals surface area contributed by atoms with Crippen molar-refractivity contribution in [2.45, 2.75) is 19.4 Å². The van der Waals surface area contributed by atoms with E-state index in [1.165, 1.54) is 0 Å². The van der Waals surface area contributed by atoms with E-state index in [9.17, 15) is 0 Å². The molecule has 0 saturated heterocycles. The molecule has 18 heavy (non-hydrogen) atoms. The van der Waals surface area contributed by atoms with Crippen molar-refractivity contribution in [1.29, 1.82) is 0 Å². The van der Waals surface area contributed by atoms with Gasteiger partial charge >= 0.3 is 0 Å². The van der Waals surface area contributed by atoms with Crippen molar-refractivity contribution in [3.63, 3.8) is 0 Å². The lowest BCUT2D eigenvalue weighted by atomic mass is 10.1. The Bertz CT molecular complexity index is 447. The molecule has 0 unspecified atom stereocenters. The van der Waals surface area contributed by atoms with Crippen molar-refractivity contribution in [2.75, 3.05) is 20.7 Å². The number of hydrogen-bond donors (Lipinski definition) is 1. The zero-order valence-corrected chi connectivity index (χ0v) is 13.6. The van der Waals surface area contributed by atoms with Crippen molar-refractivity contribution in [3.05, 3.63) is 28.2 Å². The standard InChI is InChI=1S/C13H19BrN2OS/c1-13(2,16(3)4)8-17-11-6-5-9(14)7-10(11)12(15)18/h5-7H,8H2,1-4H3,(H2,15,18). The zero-order chi connectivity index (χ0) is 13.9. The molecule has 0 radical (unpaired) electrons. The van der Waals surface area contributed by atoms with Crippen LogP contribution in [0.15, 0.2) is 22.7 Å². The Hall–Kier alpha value is -0.650. The molecule has 0 aliphatic carbocycles. The van der Waals surface area contributed by atoms with E-state index in [1.54, 1.807) is 0 Å². The molecule has 0 aliphatic heterocycles. The van der Waals surface area contributed by atoms with Crippen molar-refractivity contribution < 1.29 is 4.74 Å². The van der Waals surface area contributed by atoms with Gasteiger partial charge in [0, 0.05) is 10.0 Å². The van der Waals surface area contributed by atoms with E-state index in [2.05, 4.69) is 34.7 Å². The van der Waals surface area contributed by atoms with E-state index >= 15 is 0 Å². The summed E-state index contributed by atoms with van der Waals surface area (Å²) in [5, 5.41) is 0. The van der Waals surface area contributed by atoms with E-state index in [4.69, 9.17) is 22.7 Å². The summed E-state index contributed by atoms with van der Waals surface area (Å²) in [4.78, 5) is 2.46. The largest absolute Gasteiger partial charge is 0.491 e. The van der Waals surface area contributed by atoms with Gasteiger partial charge in [-0.15, -0.1) is 0 Å². The number of hydrogen-bond acceptors (Lipinski definition) is 3. The highest BCUT2D eigenvalue weighted by Gasteiger charge is 2.22. The highest BCUT2D eigenvalue weighted by Crippen LogP contribution is 2.24. The summed E-state index contributed by atoms with van der Waals surface area (Å²) in [7, 11) is 4.05. The van der Waals surface area contributed by atoms with Crippen molar-refractivity contribution in [1.82, 2.24) is 4.90 Å². The maximum Gasteiger partial charge on any atom is 0.129 e. The second-order valence-corrected chi connectivity index (χ2v) is 6.36. The first kappa shape index (κ1) is 15.4. The van der Waals surface area contributed by atoms with Gasteiger partial charge in [0.2, 0.25) is 0 Å². The molecule has 0 aromatic heterocycles. The quantitative estimate of drug-likeness (QED) is 0.842. The number of rotatable bonds is 5. The first-order valence-corrected chi connectivity index (χ1v) is 6.84. The molecule has 2 N–H and O–H groups in total. The van der Waals surface area contributed by atoms with Crippen LogP contribution < -0.4 is 10.5 Å². The molecule has 1 aromatic rings. The second kappa shape index (κ2) is 5.99. The highest BCUT2D eigenvalue weighted by atomic mass is 79.9. The Morgan fingerprint density at radius 2 is 2.06 bits per heavy atom. The molecule has 0 atom stereocenters. The number of likely N-dealkylation sites (N-methyl/N-ethyl adjacent to an activating group) is 1. The summed E-state index contributed by atoms with van der Waals surface area (Å²) in [5.74, 6) is 0.723. The number of nitrogens with zero attached hydrogens (tertiary/aromatic N) is 1. The SMILES string of the molecule is CN(C)C(C)(C)COc1ccc(Br)cc1C(N)=S. The van der Waals surface area contributed by atoms with Gasteiger partial charge in [0.05, 0.1) is 5.56 Å². The van der Waals surface area contributed by atoms with Crippen LogP contribution in [0.4, 0.5) is 0 Å². The van der Waals surface area contributed by atoms with Gasteiger partial charge in [-0.2, -0.15) is 0 Å². The topological polar surface area (TPSA) is 38.5 Å². The lowest BCUT2D eigenvalue weighted by Crippen LogP contribution is -2.43. The number of thiocarbonyl (C=S) groups is 1.